The number of hydrogen-bond acceptors (Lipinski definition) is 8. The van der Waals surface area contributed by atoms with Gasteiger partial charge in [-0.05, 0) is 80.7 Å². The van der Waals surface area contributed by atoms with Gasteiger partial charge in [-0.3, -0.25) is 0 Å². The standard InChI is InChI=1S/C22H28N4.C17H24N4/c1-23-17-11-5-6-12-18(17)24(2)21(23)15-9-10-16-22(21)25(3)19-13-7-8-14-20(19)26(22)4;1-18(2)14-6-10-20-8-5-9-21-11-7-15(19(3)4)13-17(21)16(20)12-14/h5-8,11-14H,9-10,15-16H2,1-4H3;6-7,10-13H,5,8-9H2,1-4H3. The molecular weight excluding hydrogens is 580 g/mol. The second kappa shape index (κ2) is 11.7. The molecule has 2 aromatic rings. The van der Waals surface area contributed by atoms with Crippen LogP contribution < -0.4 is 19.6 Å². The first-order valence-corrected chi connectivity index (χ1v) is 17.2. The van der Waals surface area contributed by atoms with E-state index in [1.165, 1.54) is 58.4 Å². The summed E-state index contributed by atoms with van der Waals surface area (Å²) in [6, 6.07) is 17.7. The zero-order valence-corrected chi connectivity index (χ0v) is 29.6. The molecule has 0 radical (unpaired) electrons. The van der Waals surface area contributed by atoms with Crippen LogP contribution in [0.2, 0.25) is 0 Å². The molecular formula is C39H52N8. The molecule has 0 amide bonds. The first-order chi connectivity index (χ1) is 22.6. The third kappa shape index (κ3) is 4.54. The number of anilines is 4. The Morgan fingerprint density at radius 3 is 1.17 bits per heavy atom. The molecule has 6 aliphatic rings. The fourth-order valence-electron chi connectivity index (χ4n) is 9.03. The summed E-state index contributed by atoms with van der Waals surface area (Å²) >= 11 is 0. The Kier molecular flexibility index (Phi) is 7.72. The van der Waals surface area contributed by atoms with E-state index in [4.69, 9.17) is 0 Å². The molecule has 47 heavy (non-hydrogen) atoms. The number of benzene rings is 2. The van der Waals surface area contributed by atoms with Crippen molar-refractivity contribution in [3.8, 4) is 0 Å². The molecule has 0 N–H and O–H groups in total. The van der Waals surface area contributed by atoms with Crippen molar-refractivity contribution in [2.45, 2.75) is 43.4 Å². The van der Waals surface area contributed by atoms with Gasteiger partial charge in [0.15, 0.2) is 11.3 Å². The van der Waals surface area contributed by atoms with Gasteiger partial charge < -0.3 is 39.2 Å². The van der Waals surface area contributed by atoms with E-state index in [9.17, 15) is 0 Å². The summed E-state index contributed by atoms with van der Waals surface area (Å²) in [4.78, 5) is 19.3. The van der Waals surface area contributed by atoms with E-state index in [-0.39, 0.29) is 11.3 Å². The number of para-hydroxylation sites is 4. The molecule has 2 spiro atoms. The number of fused-ring (bicyclic) bond motifs is 5. The highest BCUT2D eigenvalue weighted by Gasteiger charge is 2.67. The molecule has 1 aliphatic carbocycles. The van der Waals surface area contributed by atoms with Gasteiger partial charge in [-0.15, -0.1) is 0 Å². The lowest BCUT2D eigenvalue weighted by atomic mass is 9.75. The minimum Gasteiger partial charge on any atom is -0.378 e. The van der Waals surface area contributed by atoms with E-state index in [1.54, 1.807) is 0 Å². The van der Waals surface area contributed by atoms with Crippen LogP contribution in [-0.2, 0) is 0 Å². The molecule has 1 fully saturated rings. The van der Waals surface area contributed by atoms with E-state index in [0.717, 1.165) is 32.4 Å². The highest BCUT2D eigenvalue weighted by molar-refractivity contribution is 5.86. The monoisotopic (exact) mass is 632 g/mol. The van der Waals surface area contributed by atoms with Crippen LogP contribution in [0.1, 0.15) is 32.1 Å². The maximum Gasteiger partial charge on any atom is 0.155 e. The number of rotatable bonds is 2. The maximum absolute atomic E-state index is 2.56. The van der Waals surface area contributed by atoms with Crippen LogP contribution in [0.4, 0.5) is 22.7 Å². The molecule has 5 heterocycles. The Morgan fingerprint density at radius 2 is 0.851 bits per heavy atom. The zero-order valence-electron chi connectivity index (χ0n) is 29.6. The van der Waals surface area contributed by atoms with Crippen LogP contribution in [0, 0.1) is 0 Å². The summed E-state index contributed by atoms with van der Waals surface area (Å²) < 4.78 is 0. The molecule has 0 saturated heterocycles. The van der Waals surface area contributed by atoms with Crippen molar-refractivity contribution >= 4 is 22.7 Å². The molecule has 8 heteroatoms. The van der Waals surface area contributed by atoms with E-state index >= 15 is 0 Å². The van der Waals surface area contributed by atoms with Crippen molar-refractivity contribution in [3.63, 3.8) is 0 Å². The molecule has 0 unspecified atom stereocenters. The molecule has 0 atom stereocenters. The predicted octanol–water partition coefficient (Wildman–Crippen LogP) is 6.28. The average Bonchev–Trinajstić information content (AvgIpc) is 3.32. The Labute approximate surface area is 282 Å². The highest BCUT2D eigenvalue weighted by Crippen LogP contribution is 2.60. The Hall–Kier alpha value is -4.46. The van der Waals surface area contributed by atoms with Crippen LogP contribution in [0.5, 0.6) is 0 Å². The van der Waals surface area contributed by atoms with Gasteiger partial charge in [0.25, 0.3) is 0 Å². The third-order valence-corrected chi connectivity index (χ3v) is 11.5. The SMILES string of the molecule is CN(C)C1=CC2=C3C=C(N(C)C)C=CN3CCCN2C=C1.CN1c2ccccc2N(C)C12CCCCC21N(C)c2ccccc2N1C. The summed E-state index contributed by atoms with van der Waals surface area (Å²) in [5, 5.41) is 0. The molecule has 5 aliphatic heterocycles. The van der Waals surface area contributed by atoms with E-state index in [0.29, 0.717) is 0 Å². The fourth-order valence-corrected chi connectivity index (χ4v) is 9.03. The molecule has 8 rings (SSSR count). The van der Waals surface area contributed by atoms with Crippen molar-refractivity contribution in [1.29, 1.82) is 0 Å². The topological polar surface area (TPSA) is 25.9 Å². The normalized spacial score (nSPS) is 21.5. The van der Waals surface area contributed by atoms with Gasteiger partial charge in [0.05, 0.1) is 34.1 Å². The Balaban J connectivity index is 0.000000153. The number of allylic oxidation sites excluding steroid dienone is 4. The van der Waals surface area contributed by atoms with Crippen LogP contribution in [0.3, 0.4) is 0 Å². The van der Waals surface area contributed by atoms with E-state index < -0.39 is 0 Å². The van der Waals surface area contributed by atoms with Gasteiger partial charge in [0.2, 0.25) is 0 Å². The largest absolute Gasteiger partial charge is 0.378 e. The lowest BCUT2D eigenvalue weighted by molar-refractivity contribution is 0.148. The quantitative estimate of drug-likeness (QED) is 0.382. The first-order valence-electron chi connectivity index (χ1n) is 17.2. The number of nitrogens with zero attached hydrogens (tertiary/aromatic N) is 8. The fraction of sp³-hybridized carbons (Fsp3) is 0.436. The van der Waals surface area contributed by atoms with Crippen molar-refractivity contribution in [3.05, 3.63) is 108 Å². The molecule has 2 aromatic carbocycles. The summed E-state index contributed by atoms with van der Waals surface area (Å²) in [5.41, 5.74) is 10.3. The van der Waals surface area contributed by atoms with Gasteiger partial charge in [-0.1, -0.05) is 24.3 Å². The lowest BCUT2D eigenvalue weighted by Crippen LogP contribution is -2.79. The van der Waals surface area contributed by atoms with Gasteiger partial charge >= 0.3 is 0 Å². The summed E-state index contributed by atoms with van der Waals surface area (Å²) in [6.07, 6.45) is 19.4. The van der Waals surface area contributed by atoms with Gasteiger partial charge in [0, 0.05) is 93.3 Å². The summed E-state index contributed by atoms with van der Waals surface area (Å²) in [6.45, 7) is 2.14. The number of likely N-dealkylation sites (N-methyl/N-ethyl adjacent to an activating group) is 6. The van der Waals surface area contributed by atoms with E-state index in [1.807, 2.05) is 0 Å². The van der Waals surface area contributed by atoms with Crippen molar-refractivity contribution in [2.75, 3.05) is 89.1 Å². The van der Waals surface area contributed by atoms with Crippen LogP contribution in [0.25, 0.3) is 0 Å². The maximum atomic E-state index is 2.56. The minimum absolute atomic E-state index is 0.0859. The minimum atomic E-state index is -0.0859. The van der Waals surface area contributed by atoms with Gasteiger partial charge in [0.1, 0.15) is 0 Å². The first kappa shape index (κ1) is 31.2. The second-order valence-electron chi connectivity index (χ2n) is 14.1. The van der Waals surface area contributed by atoms with Gasteiger partial charge in [-0.2, -0.15) is 0 Å². The highest BCUT2D eigenvalue weighted by atomic mass is 15.6. The third-order valence-electron chi connectivity index (χ3n) is 11.5. The van der Waals surface area contributed by atoms with Crippen molar-refractivity contribution < 1.29 is 0 Å². The number of hydrogen-bond donors (Lipinski definition) is 0. The summed E-state index contributed by atoms with van der Waals surface area (Å²) in [7, 11) is 17.5. The Bertz CT molecular complexity index is 1500. The predicted molar refractivity (Wildman–Crippen MR) is 197 cm³/mol. The van der Waals surface area contributed by atoms with Crippen LogP contribution >= 0.6 is 0 Å². The smallest absolute Gasteiger partial charge is 0.155 e. The van der Waals surface area contributed by atoms with Crippen molar-refractivity contribution in [1.82, 2.24) is 19.6 Å². The molecule has 0 bridgehead atoms. The second-order valence-corrected chi connectivity index (χ2v) is 14.1. The summed E-state index contributed by atoms with van der Waals surface area (Å²) in [5.74, 6) is 0. The van der Waals surface area contributed by atoms with Crippen molar-refractivity contribution in [2.24, 2.45) is 0 Å². The van der Waals surface area contributed by atoms with E-state index in [2.05, 4.69) is 181 Å². The molecule has 0 aromatic heterocycles. The molecule has 8 nitrogen and oxygen atoms in total. The molecule has 248 valence electrons. The Morgan fingerprint density at radius 1 is 0.511 bits per heavy atom. The zero-order chi connectivity index (χ0) is 33.1. The average molecular weight is 633 g/mol. The lowest BCUT2D eigenvalue weighted by Gasteiger charge is -2.62. The molecule has 1 saturated carbocycles. The van der Waals surface area contributed by atoms with Crippen LogP contribution in [0.15, 0.2) is 108 Å². The van der Waals surface area contributed by atoms with Crippen LogP contribution in [-0.4, -0.2) is 100 Å². The van der Waals surface area contributed by atoms with Gasteiger partial charge in [-0.25, -0.2) is 0 Å².